The van der Waals surface area contributed by atoms with Gasteiger partial charge in [0, 0.05) is 37.7 Å². The highest BCUT2D eigenvalue weighted by atomic mass is 16.2. The number of hydrogen-bond acceptors (Lipinski definition) is 4. The standard InChI is InChI=1S/C22H20N4O/c27-21(26-12-10-17-6-3-4-8-20(17)26)19-13-23-22(24-14-19)25-11-9-16-5-1-2-7-18(16)15-25/h1-8,13-14H,9-12,15H2. The van der Waals surface area contributed by atoms with Crippen LogP contribution in [-0.4, -0.2) is 29.0 Å². The second-order valence-corrected chi connectivity index (χ2v) is 7.05. The first-order valence-corrected chi connectivity index (χ1v) is 9.33. The molecule has 0 N–H and O–H groups in total. The Morgan fingerprint density at radius 3 is 2.30 bits per heavy atom. The summed E-state index contributed by atoms with van der Waals surface area (Å²) in [6, 6.07) is 16.6. The maximum atomic E-state index is 12.9. The normalized spacial score (nSPS) is 15.4. The summed E-state index contributed by atoms with van der Waals surface area (Å²) in [6.07, 6.45) is 5.21. The SMILES string of the molecule is O=C(c1cnc(N2CCc3ccccc3C2)nc1)N1CCc2ccccc21. The molecule has 3 aromatic rings. The lowest BCUT2D eigenvalue weighted by atomic mass is 10.0. The van der Waals surface area contributed by atoms with Crippen molar-refractivity contribution in [1.82, 2.24) is 9.97 Å². The van der Waals surface area contributed by atoms with Gasteiger partial charge in [-0.25, -0.2) is 9.97 Å². The number of carbonyl (C=O) groups is 1. The van der Waals surface area contributed by atoms with Crippen LogP contribution in [0.1, 0.15) is 27.0 Å². The molecule has 0 unspecified atom stereocenters. The maximum absolute atomic E-state index is 12.9. The zero-order valence-electron chi connectivity index (χ0n) is 15.0. The fraction of sp³-hybridized carbons (Fsp3) is 0.227. The first-order valence-electron chi connectivity index (χ1n) is 9.33. The Morgan fingerprint density at radius 1 is 0.815 bits per heavy atom. The van der Waals surface area contributed by atoms with E-state index in [9.17, 15) is 4.79 Å². The molecule has 3 heterocycles. The number of aromatic nitrogens is 2. The highest BCUT2D eigenvalue weighted by Gasteiger charge is 2.26. The van der Waals surface area contributed by atoms with Crippen molar-refractivity contribution >= 4 is 17.5 Å². The minimum atomic E-state index is -0.0320. The second-order valence-electron chi connectivity index (χ2n) is 7.05. The van der Waals surface area contributed by atoms with Gasteiger partial charge in [-0.1, -0.05) is 42.5 Å². The Morgan fingerprint density at radius 2 is 1.48 bits per heavy atom. The van der Waals surface area contributed by atoms with Crippen LogP contribution in [-0.2, 0) is 19.4 Å². The number of benzene rings is 2. The lowest BCUT2D eigenvalue weighted by molar-refractivity contribution is 0.0988. The third-order valence-electron chi connectivity index (χ3n) is 5.43. The molecule has 0 saturated heterocycles. The van der Waals surface area contributed by atoms with Gasteiger partial charge >= 0.3 is 0 Å². The molecule has 0 aliphatic carbocycles. The van der Waals surface area contributed by atoms with E-state index in [1.165, 1.54) is 16.7 Å². The van der Waals surface area contributed by atoms with Crippen LogP contribution in [0.25, 0.3) is 0 Å². The van der Waals surface area contributed by atoms with Crippen LogP contribution in [0.4, 0.5) is 11.6 Å². The minimum absolute atomic E-state index is 0.0320. The van der Waals surface area contributed by atoms with Crippen LogP contribution in [0, 0.1) is 0 Å². The van der Waals surface area contributed by atoms with Crippen LogP contribution < -0.4 is 9.80 Å². The molecule has 0 atom stereocenters. The number of nitrogens with zero attached hydrogens (tertiary/aromatic N) is 4. The molecule has 27 heavy (non-hydrogen) atoms. The lowest BCUT2D eigenvalue weighted by Gasteiger charge is -2.28. The van der Waals surface area contributed by atoms with Gasteiger partial charge < -0.3 is 9.80 Å². The summed E-state index contributed by atoms with van der Waals surface area (Å²) in [7, 11) is 0. The van der Waals surface area contributed by atoms with Crippen molar-refractivity contribution in [3.05, 3.63) is 83.2 Å². The largest absolute Gasteiger partial charge is 0.336 e. The Bertz CT molecular complexity index is 999. The molecule has 2 aliphatic heterocycles. The number of hydrogen-bond donors (Lipinski definition) is 0. The van der Waals surface area contributed by atoms with Gasteiger partial charge in [0.05, 0.1) is 5.56 Å². The van der Waals surface area contributed by atoms with Gasteiger partial charge in [-0.2, -0.15) is 0 Å². The molecule has 2 aliphatic rings. The smallest absolute Gasteiger partial charge is 0.261 e. The third-order valence-corrected chi connectivity index (χ3v) is 5.43. The summed E-state index contributed by atoms with van der Waals surface area (Å²) in [5.74, 6) is 0.651. The molecular weight excluding hydrogens is 336 g/mol. The van der Waals surface area contributed by atoms with E-state index in [2.05, 4.69) is 45.2 Å². The molecule has 1 amide bonds. The predicted octanol–water partition coefficient (Wildman–Crippen LogP) is 3.24. The molecule has 0 saturated carbocycles. The fourth-order valence-electron chi connectivity index (χ4n) is 3.97. The molecule has 0 radical (unpaired) electrons. The molecule has 1 aromatic heterocycles. The molecule has 0 spiro atoms. The number of anilines is 2. The summed E-state index contributed by atoms with van der Waals surface area (Å²) in [4.78, 5) is 25.9. The molecule has 5 rings (SSSR count). The fourth-order valence-corrected chi connectivity index (χ4v) is 3.97. The summed E-state index contributed by atoms with van der Waals surface area (Å²) in [5.41, 5.74) is 5.47. The van der Waals surface area contributed by atoms with E-state index in [0.717, 1.165) is 31.6 Å². The monoisotopic (exact) mass is 356 g/mol. The quantitative estimate of drug-likeness (QED) is 0.707. The summed E-state index contributed by atoms with van der Waals surface area (Å²) >= 11 is 0. The van der Waals surface area contributed by atoms with Crippen molar-refractivity contribution in [3.63, 3.8) is 0 Å². The van der Waals surface area contributed by atoms with Crippen LogP contribution in [0.2, 0.25) is 0 Å². The van der Waals surface area contributed by atoms with E-state index < -0.39 is 0 Å². The molecule has 2 aromatic carbocycles. The van der Waals surface area contributed by atoms with E-state index in [1.807, 2.05) is 23.1 Å². The average Bonchev–Trinajstić information content (AvgIpc) is 3.17. The van der Waals surface area contributed by atoms with Gasteiger partial charge in [0.25, 0.3) is 5.91 Å². The van der Waals surface area contributed by atoms with Crippen molar-refractivity contribution in [2.24, 2.45) is 0 Å². The zero-order valence-corrected chi connectivity index (χ0v) is 15.0. The van der Waals surface area contributed by atoms with E-state index in [-0.39, 0.29) is 5.91 Å². The van der Waals surface area contributed by atoms with E-state index >= 15 is 0 Å². The van der Waals surface area contributed by atoms with Gasteiger partial charge in [0.1, 0.15) is 0 Å². The third kappa shape index (κ3) is 2.85. The van der Waals surface area contributed by atoms with Crippen LogP contribution in [0.15, 0.2) is 60.9 Å². The van der Waals surface area contributed by atoms with Crippen LogP contribution in [0.5, 0.6) is 0 Å². The van der Waals surface area contributed by atoms with Crippen molar-refractivity contribution in [3.8, 4) is 0 Å². The van der Waals surface area contributed by atoms with Crippen molar-refractivity contribution < 1.29 is 4.79 Å². The number of fused-ring (bicyclic) bond motifs is 2. The highest BCUT2D eigenvalue weighted by Crippen LogP contribution is 2.29. The molecule has 0 fully saturated rings. The topological polar surface area (TPSA) is 49.3 Å². The maximum Gasteiger partial charge on any atom is 0.261 e. The van der Waals surface area contributed by atoms with E-state index in [1.54, 1.807) is 12.4 Å². The van der Waals surface area contributed by atoms with Crippen molar-refractivity contribution in [2.45, 2.75) is 19.4 Å². The van der Waals surface area contributed by atoms with E-state index in [4.69, 9.17) is 0 Å². The van der Waals surface area contributed by atoms with Gasteiger partial charge in [-0.15, -0.1) is 0 Å². The number of amides is 1. The lowest BCUT2D eigenvalue weighted by Crippen LogP contribution is -2.32. The van der Waals surface area contributed by atoms with Crippen LogP contribution >= 0.6 is 0 Å². The summed E-state index contributed by atoms with van der Waals surface area (Å²) in [5, 5.41) is 0. The second kappa shape index (κ2) is 6.50. The zero-order chi connectivity index (χ0) is 18.2. The minimum Gasteiger partial charge on any atom is -0.336 e. The number of para-hydroxylation sites is 1. The van der Waals surface area contributed by atoms with Gasteiger partial charge in [0.2, 0.25) is 5.95 Å². The highest BCUT2D eigenvalue weighted by molar-refractivity contribution is 6.06. The Hall–Kier alpha value is -3.21. The first-order chi connectivity index (χ1) is 13.3. The Balaban J connectivity index is 1.35. The summed E-state index contributed by atoms with van der Waals surface area (Å²) in [6.45, 7) is 2.41. The van der Waals surface area contributed by atoms with E-state index in [0.29, 0.717) is 18.1 Å². The van der Waals surface area contributed by atoms with Crippen LogP contribution in [0.3, 0.4) is 0 Å². The molecule has 5 heteroatoms. The van der Waals surface area contributed by atoms with Crippen molar-refractivity contribution in [2.75, 3.05) is 22.9 Å². The number of rotatable bonds is 2. The van der Waals surface area contributed by atoms with Crippen molar-refractivity contribution in [1.29, 1.82) is 0 Å². The Labute approximate surface area is 158 Å². The molecular formula is C22H20N4O. The predicted molar refractivity (Wildman–Crippen MR) is 105 cm³/mol. The van der Waals surface area contributed by atoms with Gasteiger partial charge in [0.15, 0.2) is 0 Å². The van der Waals surface area contributed by atoms with Gasteiger partial charge in [-0.3, -0.25) is 4.79 Å². The summed E-state index contributed by atoms with van der Waals surface area (Å²) < 4.78 is 0. The Kier molecular flexibility index (Phi) is 3.85. The average molecular weight is 356 g/mol. The van der Waals surface area contributed by atoms with Gasteiger partial charge in [-0.05, 0) is 35.6 Å². The number of carbonyl (C=O) groups excluding carboxylic acids is 1. The molecule has 5 nitrogen and oxygen atoms in total. The molecule has 134 valence electrons. The first kappa shape index (κ1) is 16.0. The molecule has 0 bridgehead atoms.